The van der Waals surface area contributed by atoms with Gasteiger partial charge in [-0.1, -0.05) is 38.5 Å². The van der Waals surface area contributed by atoms with Crippen molar-refractivity contribution in [3.8, 4) is 9.88 Å². The summed E-state index contributed by atoms with van der Waals surface area (Å²) in [5.74, 6) is 0.608. The van der Waals surface area contributed by atoms with Gasteiger partial charge in [0.05, 0.1) is 16.1 Å². The molecule has 0 aliphatic carbocycles. The summed E-state index contributed by atoms with van der Waals surface area (Å²) in [5.41, 5.74) is 3.04. The van der Waals surface area contributed by atoms with E-state index in [1.54, 1.807) is 22.7 Å². The number of anilines is 1. The average Bonchev–Trinajstić information content (AvgIpc) is 2.94. The summed E-state index contributed by atoms with van der Waals surface area (Å²) >= 11 is 3.26. The van der Waals surface area contributed by atoms with Crippen LogP contribution in [0.5, 0.6) is 0 Å². The van der Waals surface area contributed by atoms with E-state index in [2.05, 4.69) is 41.3 Å². The van der Waals surface area contributed by atoms with Crippen molar-refractivity contribution in [1.29, 1.82) is 0 Å². The van der Waals surface area contributed by atoms with Crippen molar-refractivity contribution in [3.63, 3.8) is 0 Å². The van der Waals surface area contributed by atoms with Gasteiger partial charge in [0.2, 0.25) is 5.13 Å². The van der Waals surface area contributed by atoms with E-state index in [0.717, 1.165) is 35.2 Å². The van der Waals surface area contributed by atoms with Crippen LogP contribution in [0, 0.1) is 5.92 Å². The number of hydrogen-bond donors (Lipinski definition) is 1. The molecule has 2 aromatic heterocycles. The maximum absolute atomic E-state index is 4.40. The summed E-state index contributed by atoms with van der Waals surface area (Å²) in [6.07, 6.45) is 2.11. The van der Waals surface area contributed by atoms with Gasteiger partial charge in [-0.2, -0.15) is 0 Å². The van der Waals surface area contributed by atoms with Crippen LogP contribution in [-0.2, 0) is 6.42 Å². The van der Waals surface area contributed by atoms with Gasteiger partial charge in [-0.3, -0.25) is 0 Å². The van der Waals surface area contributed by atoms with Crippen LogP contribution in [-0.4, -0.2) is 21.7 Å². The molecule has 0 spiro atoms. The Bertz CT molecular complexity index is 490. The van der Waals surface area contributed by atoms with Gasteiger partial charge in [0.15, 0.2) is 5.01 Å². The molecule has 0 saturated carbocycles. The molecule has 0 aromatic carbocycles. The average molecular weight is 282 g/mol. The molecule has 0 atom stereocenters. The van der Waals surface area contributed by atoms with Crippen molar-refractivity contribution < 1.29 is 0 Å². The minimum absolute atomic E-state index is 0.608. The van der Waals surface area contributed by atoms with Crippen molar-refractivity contribution in [3.05, 3.63) is 11.2 Å². The molecule has 0 amide bonds. The number of hydrogen-bond acceptors (Lipinski definition) is 6. The van der Waals surface area contributed by atoms with Gasteiger partial charge in [0.25, 0.3) is 0 Å². The maximum Gasteiger partial charge on any atom is 0.206 e. The third kappa shape index (κ3) is 3.26. The zero-order chi connectivity index (χ0) is 13.0. The molecule has 4 nitrogen and oxygen atoms in total. The summed E-state index contributed by atoms with van der Waals surface area (Å²) in [7, 11) is 0. The first-order valence-electron chi connectivity index (χ1n) is 6.20. The van der Waals surface area contributed by atoms with Gasteiger partial charge >= 0.3 is 0 Å². The van der Waals surface area contributed by atoms with E-state index >= 15 is 0 Å². The molecule has 0 fully saturated rings. The van der Waals surface area contributed by atoms with E-state index in [4.69, 9.17) is 0 Å². The number of nitrogens with one attached hydrogen (secondary N) is 1. The van der Waals surface area contributed by atoms with Crippen LogP contribution in [0.15, 0.2) is 5.51 Å². The Balaban J connectivity index is 2.11. The van der Waals surface area contributed by atoms with Gasteiger partial charge in [0.1, 0.15) is 0 Å². The monoisotopic (exact) mass is 282 g/mol. The Morgan fingerprint density at radius 3 is 2.89 bits per heavy atom. The van der Waals surface area contributed by atoms with Crippen LogP contribution >= 0.6 is 22.7 Å². The highest BCUT2D eigenvalue weighted by molar-refractivity contribution is 7.22. The minimum atomic E-state index is 0.608. The van der Waals surface area contributed by atoms with Crippen LogP contribution in [0.4, 0.5) is 5.13 Å². The second kappa shape index (κ2) is 6.24. The molecule has 2 rings (SSSR count). The van der Waals surface area contributed by atoms with Gasteiger partial charge in [-0.25, -0.2) is 4.98 Å². The Morgan fingerprint density at radius 1 is 1.33 bits per heavy atom. The summed E-state index contributed by atoms with van der Waals surface area (Å²) < 4.78 is 0. The van der Waals surface area contributed by atoms with Gasteiger partial charge in [-0.15, -0.1) is 21.5 Å². The van der Waals surface area contributed by atoms with E-state index in [1.807, 2.05) is 5.51 Å². The summed E-state index contributed by atoms with van der Waals surface area (Å²) in [6.45, 7) is 7.45. The molecule has 0 bridgehead atoms. The molecular weight excluding hydrogens is 264 g/mol. The topological polar surface area (TPSA) is 50.7 Å². The van der Waals surface area contributed by atoms with Gasteiger partial charge < -0.3 is 5.32 Å². The molecule has 0 radical (unpaired) electrons. The maximum atomic E-state index is 4.40. The molecule has 2 aromatic rings. The number of aromatic nitrogens is 3. The summed E-state index contributed by atoms with van der Waals surface area (Å²) in [4.78, 5) is 5.58. The lowest BCUT2D eigenvalue weighted by Crippen LogP contribution is -2.07. The number of nitrogens with zero attached hydrogens (tertiary/aromatic N) is 3. The Morgan fingerprint density at radius 2 is 2.17 bits per heavy atom. The highest BCUT2D eigenvalue weighted by atomic mass is 32.1. The lowest BCUT2D eigenvalue weighted by molar-refractivity contribution is 0.687. The zero-order valence-electron chi connectivity index (χ0n) is 10.9. The van der Waals surface area contributed by atoms with Gasteiger partial charge in [-0.05, 0) is 12.3 Å². The van der Waals surface area contributed by atoms with E-state index in [9.17, 15) is 0 Å². The molecular formula is C12H18N4S2. The largest absolute Gasteiger partial charge is 0.360 e. The fourth-order valence-corrected chi connectivity index (χ4v) is 3.24. The smallest absolute Gasteiger partial charge is 0.206 e. The van der Waals surface area contributed by atoms with Crippen molar-refractivity contribution in [2.75, 3.05) is 11.9 Å². The molecule has 0 aliphatic heterocycles. The van der Waals surface area contributed by atoms with Crippen LogP contribution in [0.2, 0.25) is 0 Å². The Hall–Kier alpha value is -1.01. The van der Waals surface area contributed by atoms with Crippen molar-refractivity contribution in [2.24, 2.45) is 5.92 Å². The Kier molecular flexibility index (Phi) is 4.66. The fourth-order valence-electron chi connectivity index (χ4n) is 1.54. The van der Waals surface area contributed by atoms with E-state index in [-0.39, 0.29) is 0 Å². The van der Waals surface area contributed by atoms with Crippen LogP contribution in [0.3, 0.4) is 0 Å². The number of aryl methyl sites for hydroxylation is 1. The SMILES string of the molecule is CCCc1ncsc1-c1nnc(NCC(C)C)s1. The van der Waals surface area contributed by atoms with Crippen LogP contribution in [0.25, 0.3) is 9.88 Å². The first-order chi connectivity index (χ1) is 8.70. The van der Waals surface area contributed by atoms with Crippen LogP contribution < -0.4 is 5.32 Å². The quantitative estimate of drug-likeness (QED) is 0.878. The third-order valence-corrected chi connectivity index (χ3v) is 4.31. The lowest BCUT2D eigenvalue weighted by atomic mass is 10.2. The summed E-state index contributed by atoms with van der Waals surface area (Å²) in [6, 6.07) is 0. The number of rotatable bonds is 6. The molecule has 6 heteroatoms. The minimum Gasteiger partial charge on any atom is -0.360 e. The van der Waals surface area contributed by atoms with Gasteiger partial charge in [0, 0.05) is 6.54 Å². The van der Waals surface area contributed by atoms with Crippen LogP contribution in [0.1, 0.15) is 32.9 Å². The molecule has 0 aliphatic rings. The molecule has 18 heavy (non-hydrogen) atoms. The molecule has 1 N–H and O–H groups in total. The predicted molar refractivity (Wildman–Crippen MR) is 78.3 cm³/mol. The molecule has 2 heterocycles. The molecule has 0 saturated heterocycles. The first kappa shape index (κ1) is 13.4. The lowest BCUT2D eigenvalue weighted by Gasteiger charge is -2.03. The highest BCUT2D eigenvalue weighted by Crippen LogP contribution is 2.32. The number of thiazole rings is 1. The van der Waals surface area contributed by atoms with Crippen molar-refractivity contribution in [2.45, 2.75) is 33.6 Å². The normalized spacial score (nSPS) is 11.1. The predicted octanol–water partition coefficient (Wildman–Crippen LogP) is 3.68. The summed E-state index contributed by atoms with van der Waals surface area (Å²) in [5, 5.41) is 13.6. The second-order valence-electron chi connectivity index (χ2n) is 4.57. The zero-order valence-corrected chi connectivity index (χ0v) is 12.6. The standard InChI is InChI=1S/C12H18N4S2/c1-4-5-9-10(17-7-14-9)11-15-16-12(18-11)13-6-8(2)3/h7-8H,4-6H2,1-3H3,(H,13,16). The third-order valence-electron chi connectivity index (χ3n) is 2.41. The van der Waals surface area contributed by atoms with Crippen molar-refractivity contribution >= 4 is 27.8 Å². The Labute approximate surface area is 116 Å². The second-order valence-corrected chi connectivity index (χ2v) is 6.40. The van der Waals surface area contributed by atoms with E-state index in [0.29, 0.717) is 5.92 Å². The first-order valence-corrected chi connectivity index (χ1v) is 7.90. The fraction of sp³-hybridized carbons (Fsp3) is 0.583. The highest BCUT2D eigenvalue weighted by Gasteiger charge is 2.13. The molecule has 98 valence electrons. The molecule has 0 unspecified atom stereocenters. The van der Waals surface area contributed by atoms with Crippen molar-refractivity contribution in [1.82, 2.24) is 15.2 Å². The van der Waals surface area contributed by atoms with E-state index in [1.165, 1.54) is 4.88 Å². The van der Waals surface area contributed by atoms with E-state index < -0.39 is 0 Å².